The Morgan fingerprint density at radius 1 is 1.64 bits per heavy atom. The molecule has 0 aliphatic heterocycles. The highest BCUT2D eigenvalue weighted by Gasteiger charge is 2.14. The molecule has 2 rings (SSSR count). The molecule has 0 bridgehead atoms. The van der Waals surface area contributed by atoms with E-state index in [9.17, 15) is 9.18 Å². The number of carboxylic acid groups (broad SMARTS) is 1. The van der Waals surface area contributed by atoms with Crippen LogP contribution < -0.4 is 0 Å². The highest BCUT2D eigenvalue weighted by Crippen LogP contribution is 2.19. The Bertz CT molecular complexity index is 523. The van der Waals surface area contributed by atoms with Gasteiger partial charge in [0.15, 0.2) is 17.2 Å². The van der Waals surface area contributed by atoms with Gasteiger partial charge in [-0.25, -0.2) is 14.2 Å². The summed E-state index contributed by atoms with van der Waals surface area (Å²) in [7, 11) is 0. The smallest absolute Gasteiger partial charge is 0.354 e. The molecule has 2 aromatic heterocycles. The van der Waals surface area contributed by atoms with E-state index < -0.39 is 11.8 Å². The van der Waals surface area contributed by atoms with Crippen LogP contribution in [0.2, 0.25) is 0 Å². The van der Waals surface area contributed by atoms with Crippen LogP contribution in [0.1, 0.15) is 10.5 Å². The number of carboxylic acids is 1. The van der Waals surface area contributed by atoms with Gasteiger partial charge in [0.1, 0.15) is 0 Å². The van der Waals surface area contributed by atoms with Crippen molar-refractivity contribution in [1.82, 2.24) is 9.38 Å². The van der Waals surface area contributed by atoms with E-state index in [1.807, 2.05) is 0 Å². The molecule has 0 radical (unpaired) electrons. The van der Waals surface area contributed by atoms with E-state index >= 15 is 0 Å². The molecule has 2 aromatic rings. The summed E-state index contributed by atoms with van der Waals surface area (Å²) in [6.07, 6.45) is 2.56. The summed E-state index contributed by atoms with van der Waals surface area (Å²) in [5, 5.41) is 8.74. The number of fused-ring (bicyclic) bond motifs is 1. The van der Waals surface area contributed by atoms with Crippen molar-refractivity contribution in [1.29, 1.82) is 0 Å². The fourth-order valence-electron chi connectivity index (χ4n) is 1.15. The number of nitrogens with zero attached hydrogens (tertiary/aromatic N) is 2. The first kappa shape index (κ1) is 9.14. The molecule has 72 valence electrons. The van der Waals surface area contributed by atoms with Gasteiger partial charge in [-0.2, -0.15) is 0 Å². The van der Waals surface area contributed by atoms with Crippen molar-refractivity contribution >= 4 is 27.5 Å². The third-order valence-electron chi connectivity index (χ3n) is 1.79. The molecule has 0 atom stereocenters. The van der Waals surface area contributed by atoms with Crippen molar-refractivity contribution in [3.63, 3.8) is 0 Å². The topological polar surface area (TPSA) is 54.6 Å². The minimum Gasteiger partial charge on any atom is -0.477 e. The first-order valence-corrected chi connectivity index (χ1v) is 4.45. The van der Waals surface area contributed by atoms with Crippen LogP contribution in [-0.2, 0) is 0 Å². The van der Waals surface area contributed by atoms with Crippen molar-refractivity contribution in [3.05, 3.63) is 34.4 Å². The van der Waals surface area contributed by atoms with Gasteiger partial charge in [0, 0.05) is 6.20 Å². The summed E-state index contributed by atoms with van der Waals surface area (Å²) in [6.45, 7) is 0. The Labute approximate surface area is 86.1 Å². The van der Waals surface area contributed by atoms with Gasteiger partial charge >= 0.3 is 5.97 Å². The standard InChI is InChI=1S/C8H4BrFN2O2/c9-4-1-2-12-5(8(13)14)3-11-7(12)6(4)10/h1-3H,(H,13,14). The molecule has 0 spiro atoms. The zero-order valence-electron chi connectivity index (χ0n) is 6.74. The maximum absolute atomic E-state index is 13.4. The van der Waals surface area contributed by atoms with Gasteiger partial charge in [-0.15, -0.1) is 0 Å². The second kappa shape index (κ2) is 3.06. The third-order valence-corrected chi connectivity index (χ3v) is 2.40. The fourth-order valence-corrected chi connectivity index (χ4v) is 1.45. The molecule has 14 heavy (non-hydrogen) atoms. The zero-order valence-corrected chi connectivity index (χ0v) is 8.32. The predicted molar refractivity (Wildman–Crippen MR) is 49.8 cm³/mol. The first-order valence-electron chi connectivity index (χ1n) is 3.65. The largest absolute Gasteiger partial charge is 0.477 e. The number of aromatic carboxylic acids is 1. The number of halogens is 2. The molecular formula is C8H4BrFN2O2. The minimum absolute atomic E-state index is 0.00299. The maximum atomic E-state index is 13.4. The second-order valence-electron chi connectivity index (χ2n) is 2.62. The van der Waals surface area contributed by atoms with Crippen LogP contribution >= 0.6 is 15.9 Å². The van der Waals surface area contributed by atoms with Crippen LogP contribution in [0, 0.1) is 5.82 Å². The van der Waals surface area contributed by atoms with Gasteiger partial charge in [-0.05, 0) is 22.0 Å². The average molecular weight is 259 g/mol. The monoisotopic (exact) mass is 258 g/mol. The SMILES string of the molecule is O=C(O)c1cnc2c(F)c(Br)ccn12. The van der Waals surface area contributed by atoms with Crippen LogP contribution in [0.5, 0.6) is 0 Å². The molecule has 6 heteroatoms. The molecule has 0 aliphatic carbocycles. The van der Waals surface area contributed by atoms with E-state index in [0.717, 1.165) is 6.20 Å². The quantitative estimate of drug-likeness (QED) is 0.851. The molecule has 0 fully saturated rings. The van der Waals surface area contributed by atoms with Gasteiger partial charge in [-0.1, -0.05) is 0 Å². The van der Waals surface area contributed by atoms with Crippen LogP contribution in [0.3, 0.4) is 0 Å². The molecule has 0 aliphatic rings. The molecule has 2 heterocycles. The van der Waals surface area contributed by atoms with E-state index in [1.54, 1.807) is 0 Å². The Morgan fingerprint density at radius 2 is 2.36 bits per heavy atom. The molecule has 0 aromatic carbocycles. The number of hydrogen-bond donors (Lipinski definition) is 1. The van der Waals surface area contributed by atoms with Crippen molar-refractivity contribution in [2.24, 2.45) is 0 Å². The van der Waals surface area contributed by atoms with Gasteiger partial charge in [0.05, 0.1) is 10.7 Å². The average Bonchev–Trinajstić information content (AvgIpc) is 2.55. The normalized spacial score (nSPS) is 10.7. The lowest BCUT2D eigenvalue weighted by atomic mass is 10.4. The summed E-state index contributed by atoms with van der Waals surface area (Å²) in [4.78, 5) is 14.4. The highest BCUT2D eigenvalue weighted by molar-refractivity contribution is 9.10. The summed E-state index contributed by atoms with van der Waals surface area (Å²) in [6, 6.07) is 1.43. The Kier molecular flexibility index (Phi) is 1.99. The van der Waals surface area contributed by atoms with Gasteiger partial charge < -0.3 is 5.11 Å². The highest BCUT2D eigenvalue weighted by atomic mass is 79.9. The lowest BCUT2D eigenvalue weighted by Gasteiger charge is -1.98. The van der Waals surface area contributed by atoms with Gasteiger partial charge in [0.2, 0.25) is 0 Å². The number of pyridine rings is 1. The van der Waals surface area contributed by atoms with Crippen molar-refractivity contribution < 1.29 is 14.3 Å². The molecule has 1 N–H and O–H groups in total. The lowest BCUT2D eigenvalue weighted by molar-refractivity contribution is 0.0689. The number of rotatable bonds is 1. The number of hydrogen-bond acceptors (Lipinski definition) is 2. The van der Waals surface area contributed by atoms with Crippen molar-refractivity contribution in [2.45, 2.75) is 0 Å². The van der Waals surface area contributed by atoms with Crippen LogP contribution in [-0.4, -0.2) is 20.5 Å². The Hall–Kier alpha value is -1.43. The second-order valence-corrected chi connectivity index (χ2v) is 3.47. The van der Waals surface area contributed by atoms with E-state index in [0.29, 0.717) is 0 Å². The maximum Gasteiger partial charge on any atom is 0.354 e. The van der Waals surface area contributed by atoms with Gasteiger partial charge in [-0.3, -0.25) is 4.40 Å². The third kappa shape index (κ3) is 1.19. The number of carbonyl (C=O) groups is 1. The number of imidazole rings is 1. The van der Waals surface area contributed by atoms with Crippen LogP contribution in [0.15, 0.2) is 22.9 Å². The Morgan fingerprint density at radius 3 is 3.00 bits per heavy atom. The molecule has 0 saturated heterocycles. The Balaban J connectivity index is 2.83. The first-order chi connectivity index (χ1) is 6.61. The summed E-state index contributed by atoms with van der Waals surface area (Å²) in [5.74, 6) is -1.71. The summed E-state index contributed by atoms with van der Waals surface area (Å²) in [5.41, 5.74) is -0.0665. The van der Waals surface area contributed by atoms with Crippen molar-refractivity contribution in [2.75, 3.05) is 0 Å². The van der Waals surface area contributed by atoms with E-state index in [4.69, 9.17) is 5.11 Å². The molecule has 0 saturated carbocycles. The fraction of sp³-hybridized carbons (Fsp3) is 0. The van der Waals surface area contributed by atoms with E-state index in [-0.39, 0.29) is 15.8 Å². The van der Waals surface area contributed by atoms with Crippen LogP contribution in [0.25, 0.3) is 5.65 Å². The van der Waals surface area contributed by atoms with E-state index in [1.165, 1.54) is 16.7 Å². The lowest BCUT2D eigenvalue weighted by Crippen LogP contribution is -2.01. The molecule has 0 amide bonds. The number of aromatic nitrogens is 2. The summed E-state index contributed by atoms with van der Waals surface area (Å²) < 4.78 is 14.8. The molecule has 4 nitrogen and oxygen atoms in total. The van der Waals surface area contributed by atoms with Gasteiger partial charge in [0.25, 0.3) is 0 Å². The van der Waals surface area contributed by atoms with Crippen LogP contribution in [0.4, 0.5) is 4.39 Å². The predicted octanol–water partition coefficient (Wildman–Crippen LogP) is 1.93. The summed E-state index contributed by atoms with van der Waals surface area (Å²) >= 11 is 2.99. The molecule has 0 unspecified atom stereocenters. The minimum atomic E-state index is -1.14. The zero-order chi connectivity index (χ0) is 10.3. The van der Waals surface area contributed by atoms with Crippen molar-refractivity contribution in [3.8, 4) is 0 Å². The molecular weight excluding hydrogens is 255 g/mol. The van der Waals surface area contributed by atoms with E-state index in [2.05, 4.69) is 20.9 Å².